The molecule has 0 radical (unpaired) electrons. The number of benzene rings is 1. The Morgan fingerprint density at radius 1 is 1.10 bits per heavy atom. The summed E-state index contributed by atoms with van der Waals surface area (Å²) < 4.78 is 0. The molecule has 2 heterocycles. The molecule has 7 nitrogen and oxygen atoms in total. The zero-order valence-corrected chi connectivity index (χ0v) is 18.8. The lowest BCUT2D eigenvalue weighted by Gasteiger charge is -2.35. The number of amides is 2. The van der Waals surface area contributed by atoms with E-state index in [1.165, 1.54) is 6.07 Å². The van der Waals surface area contributed by atoms with Crippen LogP contribution in [0.1, 0.15) is 41.6 Å². The van der Waals surface area contributed by atoms with E-state index < -0.39 is 5.91 Å². The van der Waals surface area contributed by atoms with Crippen LogP contribution in [-0.2, 0) is 4.79 Å². The highest BCUT2D eigenvalue weighted by Gasteiger charge is 2.23. The molecule has 0 atom stereocenters. The van der Waals surface area contributed by atoms with Crippen molar-refractivity contribution in [1.29, 1.82) is 0 Å². The van der Waals surface area contributed by atoms with Crippen molar-refractivity contribution in [3.63, 3.8) is 0 Å². The first-order valence-corrected chi connectivity index (χ1v) is 10.6. The second-order valence-electron chi connectivity index (χ2n) is 7.56. The van der Waals surface area contributed by atoms with Crippen molar-refractivity contribution in [3.8, 4) is 0 Å². The van der Waals surface area contributed by atoms with Crippen LogP contribution in [0.2, 0.25) is 10.0 Å². The van der Waals surface area contributed by atoms with Crippen molar-refractivity contribution in [1.82, 2.24) is 20.2 Å². The molecule has 0 bridgehead atoms. The van der Waals surface area contributed by atoms with Crippen LogP contribution < -0.4 is 10.2 Å². The summed E-state index contributed by atoms with van der Waals surface area (Å²) in [6, 6.07) is 6.60. The first kappa shape index (κ1) is 22.3. The number of piperazine rings is 1. The van der Waals surface area contributed by atoms with E-state index >= 15 is 0 Å². The molecular weight excluding hydrogens is 425 g/mol. The average molecular weight is 450 g/mol. The molecule has 2 amide bonds. The van der Waals surface area contributed by atoms with Crippen LogP contribution in [0.5, 0.6) is 0 Å². The van der Waals surface area contributed by atoms with Crippen molar-refractivity contribution < 1.29 is 9.59 Å². The number of rotatable bonds is 5. The zero-order valence-electron chi connectivity index (χ0n) is 17.3. The van der Waals surface area contributed by atoms with Crippen LogP contribution in [0.25, 0.3) is 0 Å². The van der Waals surface area contributed by atoms with Crippen LogP contribution in [-0.4, -0.2) is 59.4 Å². The minimum Gasteiger partial charge on any atom is -0.353 e. The fraction of sp³-hybridized carbons (Fsp3) is 0.429. The number of aryl methyl sites for hydroxylation is 1. The maximum atomic E-state index is 12.5. The highest BCUT2D eigenvalue weighted by molar-refractivity contribution is 6.36. The summed E-state index contributed by atoms with van der Waals surface area (Å²) in [4.78, 5) is 37.9. The molecule has 160 valence electrons. The fourth-order valence-corrected chi connectivity index (χ4v) is 3.71. The summed E-state index contributed by atoms with van der Waals surface area (Å²) in [6.45, 7) is 8.51. The number of aromatic nitrogens is 2. The lowest BCUT2D eigenvalue weighted by atomic mass is 10.2. The van der Waals surface area contributed by atoms with Gasteiger partial charge in [-0.1, -0.05) is 37.0 Å². The largest absolute Gasteiger partial charge is 0.353 e. The number of carbonyl (C=O) groups excluding carboxylic acids is 2. The Morgan fingerprint density at radius 2 is 1.80 bits per heavy atom. The Balaban J connectivity index is 1.53. The molecule has 1 aliphatic heterocycles. The molecule has 0 saturated carbocycles. The number of carbonyl (C=O) groups is 2. The van der Waals surface area contributed by atoms with E-state index in [0.29, 0.717) is 36.8 Å². The number of hydrogen-bond donors (Lipinski definition) is 1. The van der Waals surface area contributed by atoms with Gasteiger partial charge in [0.2, 0.25) is 5.91 Å². The molecule has 3 rings (SSSR count). The number of halogens is 2. The van der Waals surface area contributed by atoms with Crippen LogP contribution in [0.3, 0.4) is 0 Å². The summed E-state index contributed by atoms with van der Waals surface area (Å²) in [5, 5.41) is 3.34. The average Bonchev–Trinajstić information content (AvgIpc) is 2.71. The SMILES string of the molecule is Cc1cc(N2CCN(C(=O)CNC(=O)c3ccc(Cl)cc3Cl)CC2)nc(C(C)C)n1. The predicted molar refractivity (Wildman–Crippen MR) is 118 cm³/mol. The maximum Gasteiger partial charge on any atom is 0.253 e. The molecule has 1 aliphatic rings. The Labute approximate surface area is 186 Å². The van der Waals surface area contributed by atoms with Gasteiger partial charge in [0.15, 0.2) is 0 Å². The first-order valence-electron chi connectivity index (χ1n) is 9.86. The minimum absolute atomic E-state index is 0.0814. The summed E-state index contributed by atoms with van der Waals surface area (Å²) in [7, 11) is 0. The molecule has 1 saturated heterocycles. The second kappa shape index (κ2) is 9.62. The molecule has 1 N–H and O–H groups in total. The predicted octanol–water partition coefficient (Wildman–Crippen LogP) is 3.29. The monoisotopic (exact) mass is 449 g/mol. The molecule has 1 fully saturated rings. The smallest absolute Gasteiger partial charge is 0.253 e. The molecule has 0 unspecified atom stereocenters. The normalized spacial score (nSPS) is 14.2. The number of nitrogens with one attached hydrogen (secondary N) is 1. The second-order valence-corrected chi connectivity index (χ2v) is 8.40. The molecule has 2 aromatic rings. The zero-order chi connectivity index (χ0) is 21.8. The Morgan fingerprint density at radius 3 is 2.43 bits per heavy atom. The summed E-state index contributed by atoms with van der Waals surface area (Å²) in [5.74, 6) is 1.44. The van der Waals surface area contributed by atoms with E-state index in [9.17, 15) is 9.59 Å². The van der Waals surface area contributed by atoms with Gasteiger partial charge in [-0.2, -0.15) is 0 Å². The van der Waals surface area contributed by atoms with Crippen molar-refractivity contribution in [2.45, 2.75) is 26.7 Å². The van der Waals surface area contributed by atoms with Gasteiger partial charge in [-0.15, -0.1) is 0 Å². The Hall–Kier alpha value is -2.38. The van der Waals surface area contributed by atoms with E-state index in [0.717, 1.165) is 17.3 Å². The van der Waals surface area contributed by atoms with E-state index in [1.807, 2.05) is 13.0 Å². The van der Waals surface area contributed by atoms with Gasteiger partial charge in [-0.05, 0) is 25.1 Å². The number of hydrogen-bond acceptors (Lipinski definition) is 5. The first-order chi connectivity index (χ1) is 14.2. The Bertz CT molecular complexity index is 943. The summed E-state index contributed by atoms with van der Waals surface area (Å²) in [6.07, 6.45) is 0. The van der Waals surface area contributed by atoms with Crippen LogP contribution in [0.4, 0.5) is 5.82 Å². The highest BCUT2D eigenvalue weighted by Crippen LogP contribution is 2.21. The summed E-state index contributed by atoms with van der Waals surface area (Å²) in [5.41, 5.74) is 1.23. The Kier molecular flexibility index (Phi) is 7.15. The van der Waals surface area contributed by atoms with E-state index in [2.05, 4.69) is 34.0 Å². The van der Waals surface area contributed by atoms with Gasteiger partial charge in [0.1, 0.15) is 11.6 Å². The summed E-state index contributed by atoms with van der Waals surface area (Å²) >= 11 is 11.9. The molecule has 1 aromatic heterocycles. The van der Waals surface area contributed by atoms with Gasteiger partial charge in [0.05, 0.1) is 17.1 Å². The molecule has 9 heteroatoms. The fourth-order valence-electron chi connectivity index (χ4n) is 3.22. The van der Waals surface area contributed by atoms with Crippen LogP contribution in [0.15, 0.2) is 24.3 Å². The van der Waals surface area contributed by atoms with Crippen molar-refractivity contribution >= 4 is 40.8 Å². The number of nitrogens with zero attached hydrogens (tertiary/aromatic N) is 4. The third-order valence-corrected chi connectivity index (χ3v) is 5.45. The van der Waals surface area contributed by atoms with E-state index in [1.54, 1.807) is 17.0 Å². The van der Waals surface area contributed by atoms with Gasteiger partial charge in [0.25, 0.3) is 5.91 Å². The molecule has 30 heavy (non-hydrogen) atoms. The van der Waals surface area contributed by atoms with Gasteiger partial charge < -0.3 is 15.1 Å². The maximum absolute atomic E-state index is 12.5. The van der Waals surface area contributed by atoms with Gasteiger partial charge >= 0.3 is 0 Å². The standard InChI is InChI=1S/C21H25Cl2N5O2/c1-13(2)20-25-14(3)10-18(26-20)27-6-8-28(9-7-27)19(29)12-24-21(30)16-5-4-15(22)11-17(16)23/h4-5,10-11,13H,6-9,12H2,1-3H3,(H,24,30). The quantitative estimate of drug-likeness (QED) is 0.757. The van der Waals surface area contributed by atoms with Crippen molar-refractivity contribution in [3.05, 3.63) is 51.4 Å². The third-order valence-electron chi connectivity index (χ3n) is 4.91. The molecular formula is C21H25Cl2N5O2. The van der Waals surface area contributed by atoms with Crippen molar-refractivity contribution in [2.75, 3.05) is 37.6 Å². The lowest BCUT2D eigenvalue weighted by Crippen LogP contribution is -2.51. The topological polar surface area (TPSA) is 78.4 Å². The van der Waals surface area contributed by atoms with Crippen LogP contribution >= 0.6 is 23.2 Å². The molecule has 0 spiro atoms. The van der Waals surface area contributed by atoms with Gasteiger partial charge in [-0.25, -0.2) is 9.97 Å². The van der Waals surface area contributed by atoms with E-state index in [-0.39, 0.29) is 23.4 Å². The minimum atomic E-state index is -0.402. The van der Waals surface area contributed by atoms with Gasteiger partial charge in [-0.3, -0.25) is 9.59 Å². The van der Waals surface area contributed by atoms with E-state index in [4.69, 9.17) is 23.2 Å². The third kappa shape index (κ3) is 5.40. The van der Waals surface area contributed by atoms with Crippen LogP contribution in [0, 0.1) is 6.92 Å². The lowest BCUT2D eigenvalue weighted by molar-refractivity contribution is -0.130. The number of anilines is 1. The molecule has 0 aliphatic carbocycles. The highest BCUT2D eigenvalue weighted by atomic mass is 35.5. The van der Waals surface area contributed by atoms with Gasteiger partial charge in [0, 0.05) is 48.9 Å². The van der Waals surface area contributed by atoms with Crippen molar-refractivity contribution in [2.24, 2.45) is 0 Å². The molecule has 1 aromatic carbocycles.